The summed E-state index contributed by atoms with van der Waals surface area (Å²) in [5.74, 6) is 1.93. The molecule has 0 radical (unpaired) electrons. The molecule has 0 aliphatic carbocycles. The van der Waals surface area contributed by atoms with E-state index in [2.05, 4.69) is 21.0 Å². The first-order valence-electron chi connectivity index (χ1n) is 15.5. The number of nitrogens with zero attached hydrogens (tertiary/aromatic N) is 5. The van der Waals surface area contributed by atoms with E-state index in [4.69, 9.17) is 26.1 Å². The van der Waals surface area contributed by atoms with Crippen molar-refractivity contribution < 1.29 is 17.9 Å². The summed E-state index contributed by atoms with van der Waals surface area (Å²) >= 11 is 0. The first-order chi connectivity index (χ1) is 21.5. The van der Waals surface area contributed by atoms with Crippen LogP contribution in [0.4, 0.5) is 19.0 Å². The molecule has 4 aromatic rings. The van der Waals surface area contributed by atoms with Crippen LogP contribution >= 0.6 is 0 Å². The van der Waals surface area contributed by atoms with Gasteiger partial charge in [-0.25, -0.2) is 18.2 Å². The Bertz CT molecular complexity index is 1840. The summed E-state index contributed by atoms with van der Waals surface area (Å²) in [4.78, 5) is 19.0. The van der Waals surface area contributed by atoms with Gasteiger partial charge in [-0.2, -0.15) is 9.97 Å². The molecule has 226 valence electrons. The van der Waals surface area contributed by atoms with Gasteiger partial charge in [0, 0.05) is 42.7 Å². The number of anilines is 1. The third-order valence-electron chi connectivity index (χ3n) is 10.2. The lowest BCUT2D eigenvalue weighted by atomic mass is 9.95. The second kappa shape index (κ2) is 10.6. The Kier molecular flexibility index (Phi) is 6.65. The Morgan fingerprint density at radius 3 is 2.84 bits per heavy atom. The zero-order valence-corrected chi connectivity index (χ0v) is 24.4. The molecular weight excluding hydrogens is 565 g/mol. The lowest BCUT2D eigenvalue weighted by molar-refractivity contribution is 0.0772. The molecule has 3 atom stereocenters. The molecule has 0 bridgehead atoms. The molecule has 10 heteroatoms. The number of rotatable bonds is 5. The SMILES string of the molecule is C#Cc1c(F)ccc2cccc(-c3nc4c5c(nc(OC[C@@]67CCCN6[C@H](CF)CC7)nc5c3F)N3CCNC[C@H]3CC4)c12. The van der Waals surface area contributed by atoms with Crippen LogP contribution in [0.15, 0.2) is 30.3 Å². The lowest BCUT2D eigenvalue weighted by Gasteiger charge is -2.36. The minimum Gasteiger partial charge on any atom is -0.461 e. The molecule has 7 nitrogen and oxygen atoms in total. The van der Waals surface area contributed by atoms with Crippen molar-refractivity contribution in [1.82, 2.24) is 25.2 Å². The van der Waals surface area contributed by atoms with Gasteiger partial charge in [0.05, 0.1) is 22.2 Å². The van der Waals surface area contributed by atoms with E-state index in [-0.39, 0.29) is 47.1 Å². The number of alkyl halides is 1. The first kappa shape index (κ1) is 27.6. The highest BCUT2D eigenvalue weighted by Gasteiger charge is 2.50. The quantitative estimate of drug-likeness (QED) is 0.318. The van der Waals surface area contributed by atoms with Crippen LogP contribution in [0.25, 0.3) is 32.9 Å². The van der Waals surface area contributed by atoms with Crippen molar-refractivity contribution >= 4 is 27.5 Å². The van der Waals surface area contributed by atoms with Crippen LogP contribution in [0.1, 0.15) is 43.4 Å². The molecule has 44 heavy (non-hydrogen) atoms. The minimum atomic E-state index is -0.621. The molecule has 4 aliphatic rings. The molecule has 0 spiro atoms. The van der Waals surface area contributed by atoms with E-state index in [1.807, 2.05) is 6.07 Å². The topological polar surface area (TPSA) is 66.4 Å². The number of benzene rings is 2. The molecule has 0 unspecified atom stereocenters. The number of pyridine rings is 1. The molecule has 1 N–H and O–H groups in total. The molecule has 4 aliphatic heterocycles. The maximum Gasteiger partial charge on any atom is 0.319 e. The van der Waals surface area contributed by atoms with Gasteiger partial charge in [-0.05, 0) is 56.5 Å². The molecule has 2 aromatic carbocycles. The highest BCUT2D eigenvalue weighted by molar-refractivity contribution is 6.02. The van der Waals surface area contributed by atoms with Crippen molar-refractivity contribution in [3.63, 3.8) is 0 Å². The van der Waals surface area contributed by atoms with Gasteiger partial charge in [0.1, 0.15) is 36.1 Å². The van der Waals surface area contributed by atoms with Gasteiger partial charge in [0.2, 0.25) is 0 Å². The number of hydrogen-bond acceptors (Lipinski definition) is 7. The first-order valence-corrected chi connectivity index (χ1v) is 15.5. The summed E-state index contributed by atoms with van der Waals surface area (Å²) in [7, 11) is 0. The number of terminal acetylenes is 1. The third kappa shape index (κ3) is 4.16. The van der Waals surface area contributed by atoms with Gasteiger partial charge < -0.3 is 15.0 Å². The predicted octanol–water partition coefficient (Wildman–Crippen LogP) is 5.17. The molecular formula is C34H33F3N6O. The smallest absolute Gasteiger partial charge is 0.319 e. The number of nitrogens with one attached hydrogen (secondary N) is 1. The second-order valence-corrected chi connectivity index (χ2v) is 12.5. The Morgan fingerprint density at radius 1 is 1.07 bits per heavy atom. The molecule has 0 saturated carbocycles. The molecule has 0 amide bonds. The van der Waals surface area contributed by atoms with Crippen molar-refractivity contribution in [2.24, 2.45) is 0 Å². The summed E-state index contributed by atoms with van der Waals surface area (Å²) in [6, 6.07) is 8.49. The van der Waals surface area contributed by atoms with E-state index in [0.717, 1.165) is 51.7 Å². The highest BCUT2D eigenvalue weighted by atomic mass is 19.1. The minimum absolute atomic E-state index is 0.0735. The average Bonchev–Trinajstić information content (AvgIpc) is 3.57. The largest absolute Gasteiger partial charge is 0.461 e. The van der Waals surface area contributed by atoms with Gasteiger partial charge >= 0.3 is 6.01 Å². The average molecular weight is 599 g/mol. The Morgan fingerprint density at radius 2 is 1.98 bits per heavy atom. The van der Waals surface area contributed by atoms with Crippen LogP contribution in [0.2, 0.25) is 0 Å². The number of ether oxygens (including phenoxy) is 1. The normalized spacial score (nSPS) is 24.7. The molecule has 3 saturated heterocycles. The van der Waals surface area contributed by atoms with Gasteiger partial charge in [-0.3, -0.25) is 4.90 Å². The van der Waals surface area contributed by atoms with E-state index in [1.54, 1.807) is 18.2 Å². The van der Waals surface area contributed by atoms with Crippen molar-refractivity contribution in [2.45, 2.75) is 56.1 Å². The Balaban J connectivity index is 1.30. The van der Waals surface area contributed by atoms with Gasteiger partial charge in [0.25, 0.3) is 0 Å². The van der Waals surface area contributed by atoms with Crippen LogP contribution < -0.4 is 15.0 Å². The van der Waals surface area contributed by atoms with Crippen LogP contribution in [0, 0.1) is 24.0 Å². The highest BCUT2D eigenvalue weighted by Crippen LogP contribution is 2.44. The fourth-order valence-electron chi connectivity index (χ4n) is 8.11. The Hall–Kier alpha value is -3.94. The number of piperazine rings is 1. The van der Waals surface area contributed by atoms with Crippen LogP contribution in [0.5, 0.6) is 6.01 Å². The third-order valence-corrected chi connectivity index (χ3v) is 10.2. The Labute approximate surface area is 253 Å². The predicted molar refractivity (Wildman–Crippen MR) is 164 cm³/mol. The van der Waals surface area contributed by atoms with E-state index in [1.165, 1.54) is 6.07 Å². The monoisotopic (exact) mass is 598 g/mol. The van der Waals surface area contributed by atoms with E-state index >= 15 is 4.39 Å². The summed E-state index contributed by atoms with van der Waals surface area (Å²) in [6.07, 6.45) is 10.7. The van der Waals surface area contributed by atoms with Crippen molar-refractivity contribution in [3.05, 3.63) is 53.2 Å². The zero-order valence-electron chi connectivity index (χ0n) is 24.4. The lowest BCUT2D eigenvalue weighted by Crippen LogP contribution is -2.51. The number of fused-ring (bicyclic) bond motifs is 4. The maximum absolute atomic E-state index is 16.9. The summed E-state index contributed by atoms with van der Waals surface area (Å²) in [6.45, 7) is 3.07. The second-order valence-electron chi connectivity index (χ2n) is 12.5. The number of hydrogen-bond donors (Lipinski definition) is 1. The number of halogens is 3. The van der Waals surface area contributed by atoms with Gasteiger partial charge in [0.15, 0.2) is 5.82 Å². The van der Waals surface area contributed by atoms with Gasteiger partial charge in [-0.1, -0.05) is 30.2 Å². The molecule has 6 heterocycles. The maximum atomic E-state index is 16.9. The fourth-order valence-corrected chi connectivity index (χ4v) is 8.11. The molecule has 2 aromatic heterocycles. The summed E-state index contributed by atoms with van der Waals surface area (Å²) < 4.78 is 51.9. The number of aryl methyl sites for hydroxylation is 1. The number of aromatic nitrogens is 3. The van der Waals surface area contributed by atoms with Crippen LogP contribution in [-0.2, 0) is 6.42 Å². The van der Waals surface area contributed by atoms with Crippen LogP contribution in [0.3, 0.4) is 0 Å². The van der Waals surface area contributed by atoms with Crippen molar-refractivity contribution in [3.8, 4) is 29.6 Å². The standard InChI is InChI=1S/C34H33F3N6O/c1-2-23-25(36)9-7-20-5-3-6-24(27(20)23)30-29(37)31-28-26(39-30)10-8-22-18-38-14-16-42(22)32(28)41-33(40-31)44-19-34-12-4-15-43(34)21(17-35)11-13-34/h1,3,5-7,9,21-22,38H,4,8,10-19H2/t21-,22+,34-/m0/s1. The molecule has 8 rings (SSSR count). The van der Waals surface area contributed by atoms with Crippen molar-refractivity contribution in [1.29, 1.82) is 0 Å². The van der Waals surface area contributed by atoms with Crippen LogP contribution in [-0.4, -0.2) is 76.9 Å². The zero-order chi connectivity index (χ0) is 30.0. The van der Waals surface area contributed by atoms with E-state index in [9.17, 15) is 8.78 Å². The van der Waals surface area contributed by atoms with Crippen molar-refractivity contribution in [2.75, 3.05) is 44.4 Å². The molecule has 3 fully saturated rings. The van der Waals surface area contributed by atoms with E-state index < -0.39 is 11.6 Å². The summed E-state index contributed by atoms with van der Waals surface area (Å²) in [5, 5.41) is 5.20. The summed E-state index contributed by atoms with van der Waals surface area (Å²) in [5.41, 5.74) is 1.15. The van der Waals surface area contributed by atoms with E-state index in [0.29, 0.717) is 52.8 Å². The van der Waals surface area contributed by atoms with Gasteiger partial charge in [-0.15, -0.1) is 6.42 Å². The fraction of sp³-hybridized carbons (Fsp3) is 0.441.